The van der Waals surface area contributed by atoms with Gasteiger partial charge >= 0.3 is 0 Å². The molecule has 0 amide bonds. The smallest absolute Gasteiger partial charge is 0.101 e. The van der Waals surface area contributed by atoms with Crippen molar-refractivity contribution in [2.75, 3.05) is 0 Å². The van der Waals surface area contributed by atoms with Gasteiger partial charge in [0.2, 0.25) is 0 Å². The second-order valence-electron chi connectivity index (χ2n) is 1.96. The lowest BCUT2D eigenvalue weighted by atomic mass is 10.2. The number of nitriles is 1. The Hall–Kier alpha value is -1.36. The molecule has 0 radical (unpaired) electrons. The van der Waals surface area contributed by atoms with Crippen molar-refractivity contribution in [3.05, 3.63) is 29.6 Å². The molecule has 0 N–H and O–H groups in total. The average Bonchev–Trinajstić information content (AvgIpc) is 2.20. The lowest BCUT2D eigenvalue weighted by Crippen LogP contribution is -1.89. The molecule has 0 aliphatic rings. The topological polar surface area (TPSA) is 36.7 Å². The Morgan fingerprint density at radius 1 is 1.50 bits per heavy atom. The van der Waals surface area contributed by atoms with Gasteiger partial charge in [-0.05, 0) is 18.6 Å². The number of nitrogens with zero attached hydrogens (tertiary/aromatic N) is 2. The van der Waals surface area contributed by atoms with Crippen molar-refractivity contribution in [2.24, 2.45) is 0 Å². The summed E-state index contributed by atoms with van der Waals surface area (Å²) in [6.07, 6.45) is 2.53. The summed E-state index contributed by atoms with van der Waals surface area (Å²) in [5, 5.41) is 8.56. The van der Waals surface area contributed by atoms with E-state index in [0.717, 1.165) is 12.1 Å². The molecule has 0 atom stereocenters. The molecule has 0 bridgehead atoms. The van der Waals surface area contributed by atoms with E-state index in [9.17, 15) is 0 Å². The predicted molar refractivity (Wildman–Crippen MR) is 49.7 cm³/mol. The number of pyridine rings is 1. The summed E-state index contributed by atoms with van der Waals surface area (Å²) in [5.41, 5.74) is 1.56. The van der Waals surface area contributed by atoms with Crippen LogP contribution in [-0.2, 0) is 6.42 Å². The van der Waals surface area contributed by atoms with Crippen LogP contribution < -0.4 is 0 Å². The molecule has 0 aromatic carbocycles. The molecule has 0 fully saturated rings. The van der Waals surface area contributed by atoms with Gasteiger partial charge in [0.25, 0.3) is 0 Å². The molecule has 64 valence electrons. The number of hydrogen-bond acceptors (Lipinski definition) is 2. The molecule has 1 aromatic heterocycles. The van der Waals surface area contributed by atoms with Gasteiger partial charge in [0, 0.05) is 6.20 Å². The quantitative estimate of drug-likeness (QED) is 0.636. The van der Waals surface area contributed by atoms with Gasteiger partial charge in [0.05, 0.1) is 11.3 Å². The minimum absolute atomic E-state index is 0.685. The summed E-state index contributed by atoms with van der Waals surface area (Å²) in [4.78, 5) is 4.05. The summed E-state index contributed by atoms with van der Waals surface area (Å²) in [5.74, 6) is 0. The Bertz CT molecular complexity index is 261. The second kappa shape index (κ2) is 6.36. The van der Waals surface area contributed by atoms with Crippen molar-refractivity contribution < 1.29 is 0 Å². The van der Waals surface area contributed by atoms with E-state index in [1.807, 2.05) is 20.8 Å². The third-order valence-electron chi connectivity index (χ3n) is 1.35. The van der Waals surface area contributed by atoms with Gasteiger partial charge in [-0.25, -0.2) is 0 Å². The van der Waals surface area contributed by atoms with E-state index >= 15 is 0 Å². The maximum absolute atomic E-state index is 8.56. The first kappa shape index (κ1) is 10.6. The first-order chi connectivity index (χ1) is 5.88. The summed E-state index contributed by atoms with van der Waals surface area (Å²) in [7, 11) is 0. The van der Waals surface area contributed by atoms with Crippen LogP contribution in [0, 0.1) is 11.3 Å². The third-order valence-corrected chi connectivity index (χ3v) is 1.35. The van der Waals surface area contributed by atoms with Gasteiger partial charge in [0.1, 0.15) is 6.07 Å². The number of aryl methyl sites for hydroxylation is 1. The summed E-state index contributed by atoms with van der Waals surface area (Å²) in [6.45, 7) is 5.99. The molecule has 0 saturated carbocycles. The Kier molecular flexibility index (Phi) is 5.64. The van der Waals surface area contributed by atoms with Crippen molar-refractivity contribution in [2.45, 2.75) is 27.2 Å². The molecule has 2 nitrogen and oxygen atoms in total. The average molecular weight is 162 g/mol. The largest absolute Gasteiger partial charge is 0.260 e. The molecule has 0 unspecified atom stereocenters. The molecule has 0 saturated heterocycles. The van der Waals surface area contributed by atoms with E-state index in [2.05, 4.69) is 11.1 Å². The van der Waals surface area contributed by atoms with E-state index in [1.54, 1.807) is 18.3 Å². The lowest BCUT2D eigenvalue weighted by Gasteiger charge is -1.94. The molecular weight excluding hydrogens is 148 g/mol. The first-order valence-corrected chi connectivity index (χ1v) is 4.22. The molecule has 0 aliphatic carbocycles. The van der Waals surface area contributed by atoms with E-state index in [0.29, 0.717) is 5.56 Å². The lowest BCUT2D eigenvalue weighted by molar-refractivity contribution is 1.02. The highest BCUT2D eigenvalue weighted by Crippen LogP contribution is 2.02. The van der Waals surface area contributed by atoms with Gasteiger partial charge in [-0.2, -0.15) is 5.26 Å². The molecule has 1 rings (SSSR count). The van der Waals surface area contributed by atoms with Gasteiger partial charge in [-0.15, -0.1) is 0 Å². The fraction of sp³-hybridized carbons (Fsp3) is 0.400. The van der Waals surface area contributed by atoms with Crippen LogP contribution >= 0.6 is 0 Å². The molecule has 2 heteroatoms. The van der Waals surface area contributed by atoms with E-state index in [1.165, 1.54) is 0 Å². The van der Waals surface area contributed by atoms with E-state index < -0.39 is 0 Å². The molecule has 0 aliphatic heterocycles. The van der Waals surface area contributed by atoms with Crippen LogP contribution in [0.25, 0.3) is 0 Å². The maximum Gasteiger partial charge on any atom is 0.101 e. The highest BCUT2D eigenvalue weighted by Gasteiger charge is 1.96. The van der Waals surface area contributed by atoms with Crippen molar-refractivity contribution in [3.8, 4) is 6.07 Å². The van der Waals surface area contributed by atoms with Crippen molar-refractivity contribution in [1.29, 1.82) is 5.26 Å². The minimum Gasteiger partial charge on any atom is -0.260 e. The SMILES string of the molecule is CC.CCc1ncccc1C#N. The van der Waals surface area contributed by atoms with Crippen molar-refractivity contribution in [3.63, 3.8) is 0 Å². The van der Waals surface area contributed by atoms with Crippen LogP contribution in [0.3, 0.4) is 0 Å². The zero-order chi connectivity index (χ0) is 9.40. The molecule has 0 spiro atoms. The minimum atomic E-state index is 0.685. The van der Waals surface area contributed by atoms with Crippen LogP contribution in [0.2, 0.25) is 0 Å². The van der Waals surface area contributed by atoms with Crippen LogP contribution in [0.1, 0.15) is 32.0 Å². The highest BCUT2D eigenvalue weighted by molar-refractivity contribution is 5.32. The zero-order valence-electron chi connectivity index (χ0n) is 7.83. The summed E-state index contributed by atoms with van der Waals surface area (Å²) >= 11 is 0. The van der Waals surface area contributed by atoms with Gasteiger partial charge in [-0.3, -0.25) is 4.98 Å². The van der Waals surface area contributed by atoms with Gasteiger partial charge in [-0.1, -0.05) is 20.8 Å². The maximum atomic E-state index is 8.56. The predicted octanol–water partition coefficient (Wildman–Crippen LogP) is 2.54. The summed E-state index contributed by atoms with van der Waals surface area (Å²) < 4.78 is 0. The Morgan fingerprint density at radius 2 is 2.17 bits per heavy atom. The molecular formula is C10H14N2. The first-order valence-electron chi connectivity index (χ1n) is 4.22. The van der Waals surface area contributed by atoms with E-state index in [4.69, 9.17) is 5.26 Å². The number of rotatable bonds is 1. The van der Waals surface area contributed by atoms with Crippen LogP contribution in [0.5, 0.6) is 0 Å². The standard InChI is InChI=1S/C8H8N2.C2H6/c1-2-8-7(6-9)4-3-5-10-8;1-2/h3-5H,2H2,1H3;1-2H3. The number of hydrogen-bond donors (Lipinski definition) is 0. The zero-order valence-corrected chi connectivity index (χ0v) is 7.83. The molecule has 1 heterocycles. The van der Waals surface area contributed by atoms with Crippen molar-refractivity contribution >= 4 is 0 Å². The monoisotopic (exact) mass is 162 g/mol. The molecule has 1 aromatic rings. The van der Waals surface area contributed by atoms with Crippen LogP contribution in [0.4, 0.5) is 0 Å². The fourth-order valence-corrected chi connectivity index (χ4v) is 0.822. The summed E-state index contributed by atoms with van der Waals surface area (Å²) in [6, 6.07) is 5.64. The Balaban J connectivity index is 0.000000561. The normalized spacial score (nSPS) is 7.83. The highest BCUT2D eigenvalue weighted by atomic mass is 14.7. The second-order valence-corrected chi connectivity index (χ2v) is 1.96. The van der Waals surface area contributed by atoms with Crippen LogP contribution in [-0.4, -0.2) is 4.98 Å². The third kappa shape index (κ3) is 2.71. The van der Waals surface area contributed by atoms with E-state index in [-0.39, 0.29) is 0 Å². The van der Waals surface area contributed by atoms with Gasteiger partial charge in [0.15, 0.2) is 0 Å². The van der Waals surface area contributed by atoms with Gasteiger partial charge < -0.3 is 0 Å². The van der Waals surface area contributed by atoms with Crippen LogP contribution in [0.15, 0.2) is 18.3 Å². The Morgan fingerprint density at radius 3 is 2.58 bits per heavy atom. The fourth-order valence-electron chi connectivity index (χ4n) is 0.822. The van der Waals surface area contributed by atoms with Crippen molar-refractivity contribution in [1.82, 2.24) is 4.98 Å². The molecule has 12 heavy (non-hydrogen) atoms. The Labute approximate surface area is 73.9 Å². The number of aromatic nitrogens is 1.